The number of aromatic nitrogens is 1. The first-order chi connectivity index (χ1) is 13.8. The summed E-state index contributed by atoms with van der Waals surface area (Å²) < 4.78 is 10.7. The summed E-state index contributed by atoms with van der Waals surface area (Å²) in [4.78, 5) is 16.0. The Balaban J connectivity index is 1.60. The number of carbonyl (C=O) groups excluding carboxylic acids is 1. The highest BCUT2D eigenvalue weighted by Crippen LogP contribution is 2.31. The van der Waals surface area contributed by atoms with Gasteiger partial charge in [-0.05, 0) is 42.2 Å². The zero-order valence-electron chi connectivity index (χ0n) is 16.1. The van der Waals surface area contributed by atoms with Gasteiger partial charge in [-0.15, -0.1) is 0 Å². The minimum Gasteiger partial charge on any atom is -0.497 e. The summed E-state index contributed by atoms with van der Waals surface area (Å²) >= 11 is 0. The summed E-state index contributed by atoms with van der Waals surface area (Å²) in [5.74, 6) is 1.06. The average molecular weight is 378 g/mol. The van der Waals surface area contributed by atoms with Gasteiger partial charge in [0.15, 0.2) is 0 Å². The molecular formula is C23H26N2O3. The molecule has 4 rings (SSSR count). The largest absolute Gasteiger partial charge is 0.497 e. The molecule has 1 unspecified atom stereocenters. The second-order valence-electron chi connectivity index (χ2n) is 7.25. The van der Waals surface area contributed by atoms with Crippen LogP contribution < -0.4 is 10.1 Å². The van der Waals surface area contributed by atoms with Gasteiger partial charge >= 0.3 is 0 Å². The molecule has 146 valence electrons. The van der Waals surface area contributed by atoms with Crippen molar-refractivity contribution < 1.29 is 14.3 Å². The Morgan fingerprint density at radius 1 is 1.18 bits per heavy atom. The number of para-hydroxylation sites is 1. The number of rotatable bonds is 6. The van der Waals surface area contributed by atoms with Crippen LogP contribution >= 0.6 is 0 Å². The zero-order chi connectivity index (χ0) is 19.3. The highest BCUT2D eigenvalue weighted by molar-refractivity contribution is 5.84. The first-order valence-electron chi connectivity index (χ1n) is 9.81. The summed E-state index contributed by atoms with van der Waals surface area (Å²) in [6, 6.07) is 16.4. The number of ether oxygens (including phenoxy) is 2. The number of nitrogens with one attached hydrogen (secondary N) is 2. The summed E-state index contributed by atoms with van der Waals surface area (Å²) in [6.45, 7) is 1.90. The third-order valence-electron chi connectivity index (χ3n) is 5.59. The van der Waals surface area contributed by atoms with Crippen LogP contribution in [0.4, 0.5) is 0 Å². The number of aromatic amines is 1. The second kappa shape index (κ2) is 8.48. The number of amides is 1. The lowest BCUT2D eigenvalue weighted by Crippen LogP contribution is -2.36. The maximum absolute atomic E-state index is 12.7. The van der Waals surface area contributed by atoms with Crippen molar-refractivity contribution in [3.8, 4) is 5.75 Å². The quantitative estimate of drug-likeness (QED) is 0.685. The molecule has 2 heterocycles. The van der Waals surface area contributed by atoms with Crippen molar-refractivity contribution in [3.63, 3.8) is 0 Å². The van der Waals surface area contributed by atoms with Gasteiger partial charge in [0, 0.05) is 48.7 Å². The Bertz CT molecular complexity index is 926. The predicted octanol–water partition coefficient (Wildman–Crippen LogP) is 3.85. The van der Waals surface area contributed by atoms with Gasteiger partial charge in [0.05, 0.1) is 7.11 Å². The molecule has 2 N–H and O–H groups in total. The molecule has 1 amide bonds. The van der Waals surface area contributed by atoms with Gasteiger partial charge in [0.1, 0.15) is 5.75 Å². The van der Waals surface area contributed by atoms with Gasteiger partial charge in [-0.2, -0.15) is 0 Å². The fraction of sp³-hybridized carbons (Fsp3) is 0.348. The topological polar surface area (TPSA) is 63.4 Å². The number of hydrogen-bond donors (Lipinski definition) is 2. The SMILES string of the molecule is COc1ccc(C(CNC(=O)C2CCOCC2)c2c[nH]c3ccccc23)cc1. The molecule has 0 aliphatic carbocycles. The zero-order valence-corrected chi connectivity index (χ0v) is 16.1. The van der Waals surface area contributed by atoms with E-state index in [2.05, 4.69) is 40.8 Å². The van der Waals surface area contributed by atoms with Crippen LogP contribution in [-0.4, -0.2) is 37.8 Å². The molecule has 1 aliphatic heterocycles. The van der Waals surface area contributed by atoms with Crippen molar-refractivity contribution in [1.29, 1.82) is 0 Å². The van der Waals surface area contributed by atoms with E-state index in [0.29, 0.717) is 19.8 Å². The Labute approximate surface area is 165 Å². The van der Waals surface area contributed by atoms with E-state index >= 15 is 0 Å². The van der Waals surface area contributed by atoms with E-state index in [1.807, 2.05) is 24.3 Å². The Kier molecular flexibility index (Phi) is 5.63. The summed E-state index contributed by atoms with van der Waals surface area (Å²) in [5, 5.41) is 4.38. The maximum atomic E-state index is 12.7. The van der Waals surface area contributed by atoms with Crippen molar-refractivity contribution in [2.75, 3.05) is 26.9 Å². The summed E-state index contributed by atoms with van der Waals surface area (Å²) in [6.07, 6.45) is 3.65. The minimum absolute atomic E-state index is 0.0493. The minimum atomic E-state index is 0.0493. The smallest absolute Gasteiger partial charge is 0.223 e. The standard InChI is InChI=1S/C23H26N2O3/c1-27-18-8-6-16(7-9-18)20(14-25-23(26)17-10-12-28-13-11-17)21-15-24-22-5-3-2-4-19(21)22/h2-9,15,17,20,24H,10-14H2,1H3,(H,25,26). The number of carbonyl (C=O) groups is 1. The Morgan fingerprint density at radius 2 is 1.93 bits per heavy atom. The van der Waals surface area contributed by atoms with Gasteiger partial charge in [0.2, 0.25) is 5.91 Å². The molecule has 3 aromatic rings. The molecule has 1 fully saturated rings. The normalized spacial score (nSPS) is 16.0. The molecule has 28 heavy (non-hydrogen) atoms. The molecule has 0 spiro atoms. The van der Waals surface area contributed by atoms with Crippen LogP contribution in [0.2, 0.25) is 0 Å². The molecule has 0 saturated carbocycles. The Hall–Kier alpha value is -2.79. The van der Waals surface area contributed by atoms with Gasteiger partial charge < -0.3 is 19.8 Å². The Morgan fingerprint density at radius 3 is 2.68 bits per heavy atom. The highest BCUT2D eigenvalue weighted by atomic mass is 16.5. The van der Waals surface area contributed by atoms with Gasteiger partial charge in [0.25, 0.3) is 0 Å². The lowest BCUT2D eigenvalue weighted by atomic mass is 9.90. The molecular weight excluding hydrogens is 352 g/mol. The van der Waals surface area contributed by atoms with Crippen LogP contribution in [0.3, 0.4) is 0 Å². The van der Waals surface area contributed by atoms with E-state index in [9.17, 15) is 4.79 Å². The van der Waals surface area contributed by atoms with Crippen LogP contribution in [0.1, 0.15) is 29.9 Å². The monoisotopic (exact) mass is 378 g/mol. The van der Waals surface area contributed by atoms with E-state index in [1.54, 1.807) is 7.11 Å². The second-order valence-corrected chi connectivity index (χ2v) is 7.25. The molecule has 0 radical (unpaired) electrons. The number of fused-ring (bicyclic) bond motifs is 1. The molecule has 1 atom stereocenters. The van der Waals surface area contributed by atoms with Crippen LogP contribution in [0, 0.1) is 5.92 Å². The first kappa shape index (κ1) is 18.6. The number of H-pyrrole nitrogens is 1. The van der Waals surface area contributed by atoms with Gasteiger partial charge in [-0.1, -0.05) is 30.3 Å². The number of benzene rings is 2. The number of hydrogen-bond acceptors (Lipinski definition) is 3. The molecule has 0 bridgehead atoms. The molecule has 1 aromatic heterocycles. The lowest BCUT2D eigenvalue weighted by molar-refractivity contribution is -0.127. The van der Waals surface area contributed by atoms with Crippen molar-refractivity contribution in [3.05, 3.63) is 65.9 Å². The molecule has 1 saturated heterocycles. The third-order valence-corrected chi connectivity index (χ3v) is 5.59. The van der Waals surface area contributed by atoms with Crippen LogP contribution in [0.5, 0.6) is 5.75 Å². The van der Waals surface area contributed by atoms with E-state index in [1.165, 1.54) is 10.9 Å². The average Bonchev–Trinajstić information content (AvgIpc) is 3.19. The van der Waals surface area contributed by atoms with Gasteiger partial charge in [-0.3, -0.25) is 4.79 Å². The van der Waals surface area contributed by atoms with Crippen molar-refractivity contribution >= 4 is 16.8 Å². The molecule has 1 aliphatic rings. The lowest BCUT2D eigenvalue weighted by Gasteiger charge is -2.23. The van der Waals surface area contributed by atoms with Crippen molar-refractivity contribution in [2.24, 2.45) is 5.92 Å². The van der Waals surface area contributed by atoms with Gasteiger partial charge in [-0.25, -0.2) is 0 Å². The van der Waals surface area contributed by atoms with E-state index in [-0.39, 0.29) is 17.7 Å². The van der Waals surface area contributed by atoms with Crippen LogP contribution in [0.25, 0.3) is 10.9 Å². The van der Waals surface area contributed by atoms with E-state index in [4.69, 9.17) is 9.47 Å². The molecule has 5 nitrogen and oxygen atoms in total. The number of methoxy groups -OCH3 is 1. The fourth-order valence-corrected chi connectivity index (χ4v) is 3.93. The predicted molar refractivity (Wildman–Crippen MR) is 110 cm³/mol. The first-order valence-corrected chi connectivity index (χ1v) is 9.81. The highest BCUT2D eigenvalue weighted by Gasteiger charge is 2.24. The van der Waals surface area contributed by atoms with E-state index in [0.717, 1.165) is 29.7 Å². The van der Waals surface area contributed by atoms with Crippen LogP contribution in [-0.2, 0) is 9.53 Å². The summed E-state index contributed by atoms with van der Waals surface area (Å²) in [5.41, 5.74) is 3.44. The van der Waals surface area contributed by atoms with Crippen molar-refractivity contribution in [2.45, 2.75) is 18.8 Å². The van der Waals surface area contributed by atoms with E-state index < -0.39 is 0 Å². The van der Waals surface area contributed by atoms with Crippen LogP contribution in [0.15, 0.2) is 54.7 Å². The molecule has 2 aromatic carbocycles. The summed E-state index contributed by atoms with van der Waals surface area (Å²) in [7, 11) is 1.67. The van der Waals surface area contributed by atoms with Crippen molar-refractivity contribution in [1.82, 2.24) is 10.3 Å². The fourth-order valence-electron chi connectivity index (χ4n) is 3.93. The third kappa shape index (κ3) is 3.90. The maximum Gasteiger partial charge on any atom is 0.223 e. The molecule has 5 heteroatoms.